The SMILES string of the molecule is CC(C)C(C=O)N1CCS(=O)(=O)CC1. The van der Waals surface area contributed by atoms with Crippen LogP contribution in [0.5, 0.6) is 0 Å². The molecule has 14 heavy (non-hydrogen) atoms. The summed E-state index contributed by atoms with van der Waals surface area (Å²) in [6.07, 6.45) is 0.919. The second-order valence-corrected chi connectivity index (χ2v) is 6.36. The van der Waals surface area contributed by atoms with Crippen LogP contribution >= 0.6 is 0 Å². The first-order chi connectivity index (χ1) is 6.46. The summed E-state index contributed by atoms with van der Waals surface area (Å²) in [7, 11) is -2.84. The van der Waals surface area contributed by atoms with Gasteiger partial charge in [-0.3, -0.25) is 4.90 Å². The minimum absolute atomic E-state index is 0.134. The summed E-state index contributed by atoms with van der Waals surface area (Å²) in [5, 5.41) is 0. The Kier molecular flexibility index (Phi) is 3.66. The molecular weight excluding hydrogens is 202 g/mol. The molecule has 1 saturated heterocycles. The van der Waals surface area contributed by atoms with E-state index in [4.69, 9.17) is 0 Å². The highest BCUT2D eigenvalue weighted by Crippen LogP contribution is 2.12. The Morgan fingerprint density at radius 3 is 2.07 bits per heavy atom. The first kappa shape index (κ1) is 11.7. The molecule has 0 aromatic rings. The highest BCUT2D eigenvalue weighted by atomic mass is 32.2. The molecule has 5 heteroatoms. The van der Waals surface area contributed by atoms with Crippen LogP contribution in [0.3, 0.4) is 0 Å². The van der Waals surface area contributed by atoms with Crippen molar-refractivity contribution in [3.8, 4) is 0 Å². The van der Waals surface area contributed by atoms with Gasteiger partial charge in [-0.15, -0.1) is 0 Å². The fraction of sp³-hybridized carbons (Fsp3) is 0.889. The molecule has 1 rings (SSSR count). The molecule has 0 aromatic carbocycles. The predicted molar refractivity (Wildman–Crippen MR) is 54.9 cm³/mol. The molecule has 0 radical (unpaired) electrons. The Morgan fingerprint density at radius 2 is 1.71 bits per heavy atom. The second kappa shape index (κ2) is 4.40. The number of sulfone groups is 1. The molecule has 0 aromatic heterocycles. The van der Waals surface area contributed by atoms with Crippen molar-refractivity contribution in [2.75, 3.05) is 24.6 Å². The van der Waals surface area contributed by atoms with Gasteiger partial charge in [0.2, 0.25) is 0 Å². The predicted octanol–water partition coefficient (Wildman–Crippen LogP) is -0.0597. The van der Waals surface area contributed by atoms with Gasteiger partial charge in [0.15, 0.2) is 9.84 Å². The van der Waals surface area contributed by atoms with Crippen LogP contribution in [-0.2, 0) is 14.6 Å². The highest BCUT2D eigenvalue weighted by molar-refractivity contribution is 7.91. The number of carbonyl (C=O) groups is 1. The molecule has 1 unspecified atom stereocenters. The standard InChI is InChI=1S/C9H17NO3S/c1-8(2)9(7-11)10-3-5-14(12,13)6-4-10/h7-9H,3-6H2,1-2H3. The van der Waals surface area contributed by atoms with Crippen molar-refractivity contribution in [2.24, 2.45) is 5.92 Å². The molecule has 1 fully saturated rings. The van der Waals surface area contributed by atoms with E-state index in [-0.39, 0.29) is 23.5 Å². The molecule has 0 aliphatic carbocycles. The number of aldehydes is 1. The highest BCUT2D eigenvalue weighted by Gasteiger charge is 2.28. The fourth-order valence-electron chi connectivity index (χ4n) is 1.69. The van der Waals surface area contributed by atoms with E-state index in [1.165, 1.54) is 0 Å². The van der Waals surface area contributed by atoms with E-state index in [0.717, 1.165) is 6.29 Å². The van der Waals surface area contributed by atoms with Crippen molar-refractivity contribution in [3.63, 3.8) is 0 Å². The molecule has 82 valence electrons. The van der Waals surface area contributed by atoms with Gasteiger partial charge >= 0.3 is 0 Å². The van der Waals surface area contributed by atoms with Crippen LogP contribution in [0.25, 0.3) is 0 Å². The van der Waals surface area contributed by atoms with Crippen molar-refractivity contribution in [2.45, 2.75) is 19.9 Å². The Bertz CT molecular complexity index is 283. The molecule has 1 aliphatic rings. The maximum Gasteiger partial charge on any atom is 0.152 e. The zero-order valence-corrected chi connectivity index (χ0v) is 9.46. The Morgan fingerprint density at radius 1 is 1.21 bits per heavy atom. The second-order valence-electron chi connectivity index (χ2n) is 4.06. The summed E-state index contributed by atoms with van der Waals surface area (Å²) in [6.45, 7) is 4.93. The molecule has 0 amide bonds. The lowest BCUT2D eigenvalue weighted by molar-refractivity contribution is -0.113. The zero-order chi connectivity index (χ0) is 10.8. The van der Waals surface area contributed by atoms with Gasteiger partial charge in [0.05, 0.1) is 17.5 Å². The Labute approximate surface area is 85.2 Å². The van der Waals surface area contributed by atoms with Gasteiger partial charge < -0.3 is 4.79 Å². The number of carbonyl (C=O) groups excluding carboxylic acids is 1. The third kappa shape index (κ3) is 2.78. The minimum Gasteiger partial charge on any atom is -0.302 e. The monoisotopic (exact) mass is 219 g/mol. The molecule has 0 spiro atoms. The van der Waals surface area contributed by atoms with E-state index in [1.54, 1.807) is 0 Å². The first-order valence-electron chi connectivity index (χ1n) is 4.86. The number of rotatable bonds is 3. The van der Waals surface area contributed by atoms with Gasteiger partial charge in [0, 0.05) is 13.1 Å². The van der Waals surface area contributed by atoms with Crippen LogP contribution in [-0.4, -0.2) is 50.2 Å². The third-order valence-electron chi connectivity index (χ3n) is 2.62. The van der Waals surface area contributed by atoms with Crippen LogP contribution in [0.2, 0.25) is 0 Å². The van der Waals surface area contributed by atoms with Gasteiger partial charge in [-0.2, -0.15) is 0 Å². The maximum absolute atomic E-state index is 11.2. The lowest BCUT2D eigenvalue weighted by atomic mass is 10.0. The van der Waals surface area contributed by atoms with Crippen LogP contribution in [0.1, 0.15) is 13.8 Å². The maximum atomic E-state index is 11.2. The lowest BCUT2D eigenvalue weighted by Gasteiger charge is -2.33. The summed E-state index contributed by atoms with van der Waals surface area (Å²) in [4.78, 5) is 12.8. The summed E-state index contributed by atoms with van der Waals surface area (Å²) in [6, 6.07) is -0.134. The minimum atomic E-state index is -2.84. The smallest absolute Gasteiger partial charge is 0.152 e. The summed E-state index contributed by atoms with van der Waals surface area (Å²) >= 11 is 0. The van der Waals surface area contributed by atoms with E-state index >= 15 is 0 Å². The van der Waals surface area contributed by atoms with Crippen molar-refractivity contribution in [1.29, 1.82) is 0 Å². The topological polar surface area (TPSA) is 54.5 Å². The normalized spacial score (nSPS) is 24.8. The zero-order valence-electron chi connectivity index (χ0n) is 8.64. The summed E-state index contributed by atoms with van der Waals surface area (Å²) in [5.41, 5.74) is 0. The van der Waals surface area contributed by atoms with Crippen LogP contribution < -0.4 is 0 Å². The van der Waals surface area contributed by atoms with E-state index in [2.05, 4.69) is 0 Å². The lowest BCUT2D eigenvalue weighted by Crippen LogP contribution is -2.48. The van der Waals surface area contributed by atoms with Gasteiger partial charge in [-0.05, 0) is 5.92 Å². The quantitative estimate of drug-likeness (QED) is 0.624. The Balaban J connectivity index is 2.60. The van der Waals surface area contributed by atoms with Crippen LogP contribution in [0.15, 0.2) is 0 Å². The molecule has 4 nitrogen and oxygen atoms in total. The average molecular weight is 219 g/mol. The van der Waals surface area contributed by atoms with Gasteiger partial charge in [-0.1, -0.05) is 13.8 Å². The van der Waals surface area contributed by atoms with Gasteiger partial charge in [0.25, 0.3) is 0 Å². The third-order valence-corrected chi connectivity index (χ3v) is 4.23. The molecule has 0 N–H and O–H groups in total. The average Bonchev–Trinajstić information content (AvgIpc) is 2.08. The van der Waals surface area contributed by atoms with Crippen LogP contribution in [0.4, 0.5) is 0 Å². The molecular formula is C9H17NO3S. The molecule has 1 heterocycles. The fourth-order valence-corrected chi connectivity index (χ4v) is 2.92. The van der Waals surface area contributed by atoms with E-state index in [1.807, 2.05) is 18.7 Å². The van der Waals surface area contributed by atoms with Gasteiger partial charge in [0.1, 0.15) is 6.29 Å². The van der Waals surface area contributed by atoms with Crippen molar-refractivity contribution in [1.82, 2.24) is 4.90 Å². The molecule has 1 aliphatic heterocycles. The Hall–Kier alpha value is -0.420. The van der Waals surface area contributed by atoms with E-state index in [9.17, 15) is 13.2 Å². The van der Waals surface area contributed by atoms with Crippen LogP contribution in [0, 0.1) is 5.92 Å². The molecule has 1 atom stereocenters. The summed E-state index contributed by atoms with van der Waals surface area (Å²) in [5.74, 6) is 0.613. The first-order valence-corrected chi connectivity index (χ1v) is 6.68. The summed E-state index contributed by atoms with van der Waals surface area (Å²) < 4.78 is 22.3. The van der Waals surface area contributed by atoms with Crippen molar-refractivity contribution >= 4 is 16.1 Å². The number of nitrogens with zero attached hydrogens (tertiary/aromatic N) is 1. The van der Waals surface area contributed by atoms with Crippen molar-refractivity contribution in [3.05, 3.63) is 0 Å². The van der Waals surface area contributed by atoms with Gasteiger partial charge in [-0.25, -0.2) is 8.42 Å². The van der Waals surface area contributed by atoms with Crippen molar-refractivity contribution < 1.29 is 13.2 Å². The number of hydrogen-bond acceptors (Lipinski definition) is 4. The van der Waals surface area contributed by atoms with E-state index < -0.39 is 9.84 Å². The largest absolute Gasteiger partial charge is 0.302 e. The molecule has 0 saturated carbocycles. The number of hydrogen-bond donors (Lipinski definition) is 0. The van der Waals surface area contributed by atoms with E-state index in [0.29, 0.717) is 13.1 Å². The molecule has 0 bridgehead atoms.